The molecule has 0 saturated heterocycles. The van der Waals surface area contributed by atoms with Gasteiger partial charge in [0.25, 0.3) is 5.91 Å². The maximum absolute atomic E-state index is 12.1. The van der Waals surface area contributed by atoms with Gasteiger partial charge in [-0.2, -0.15) is 0 Å². The van der Waals surface area contributed by atoms with Crippen LogP contribution in [0.15, 0.2) is 18.2 Å². The Morgan fingerprint density at radius 3 is 2.96 bits per heavy atom. The zero-order valence-corrected chi connectivity index (χ0v) is 15.6. The molecule has 1 N–H and O–H groups in total. The molecular weight excluding hydrogens is 352 g/mol. The Morgan fingerprint density at radius 1 is 1.31 bits per heavy atom. The number of carbonyl (C=O) groups is 1. The molecule has 6 nitrogen and oxygen atoms in total. The van der Waals surface area contributed by atoms with Crippen LogP contribution in [0, 0.1) is 6.92 Å². The highest BCUT2D eigenvalue weighted by Gasteiger charge is 2.18. The molecule has 4 rings (SSSR count). The largest absolute Gasteiger partial charge is 0.454 e. The number of carbonyl (C=O) groups excluding carboxylic acids is 1. The van der Waals surface area contributed by atoms with Gasteiger partial charge in [0.1, 0.15) is 6.61 Å². The van der Waals surface area contributed by atoms with E-state index >= 15 is 0 Å². The molecule has 26 heavy (non-hydrogen) atoms. The summed E-state index contributed by atoms with van der Waals surface area (Å²) in [4.78, 5) is 17.7. The zero-order chi connectivity index (χ0) is 17.9. The number of benzene rings is 1. The number of amides is 1. The number of hydrogen-bond acceptors (Lipinski definition) is 6. The standard InChI is InChI=1S/C19H22N2O4S/c1-12-17(9-13-6-7-15-16(8-13)25-11-24-15)26-19(20-12)21-18(22)10-23-14-4-2-3-5-14/h6-8,14H,2-5,9-11H2,1H3,(H,20,21,22). The van der Waals surface area contributed by atoms with E-state index in [1.165, 1.54) is 24.2 Å². The predicted octanol–water partition coefficient (Wildman–Crippen LogP) is 3.67. The van der Waals surface area contributed by atoms with Crippen molar-refractivity contribution in [1.82, 2.24) is 4.98 Å². The third-order valence-corrected chi connectivity index (χ3v) is 5.77. The summed E-state index contributed by atoms with van der Waals surface area (Å²) in [6.07, 6.45) is 5.49. The number of rotatable bonds is 6. The second-order valence-electron chi connectivity index (χ2n) is 6.66. The summed E-state index contributed by atoms with van der Waals surface area (Å²) in [7, 11) is 0. The molecule has 0 unspecified atom stereocenters. The van der Waals surface area contributed by atoms with Gasteiger partial charge in [-0.3, -0.25) is 10.1 Å². The average molecular weight is 374 g/mol. The molecule has 1 saturated carbocycles. The Balaban J connectivity index is 1.35. The summed E-state index contributed by atoms with van der Waals surface area (Å²) >= 11 is 1.50. The molecule has 0 spiro atoms. The second kappa shape index (κ2) is 7.63. The van der Waals surface area contributed by atoms with E-state index in [1.807, 2.05) is 25.1 Å². The Labute approximate surface area is 156 Å². The Morgan fingerprint density at radius 2 is 2.12 bits per heavy atom. The number of fused-ring (bicyclic) bond motifs is 1. The molecule has 7 heteroatoms. The topological polar surface area (TPSA) is 69.7 Å². The number of nitrogens with zero attached hydrogens (tertiary/aromatic N) is 1. The molecular formula is C19H22N2O4S. The van der Waals surface area contributed by atoms with Crippen LogP contribution in [0.5, 0.6) is 11.5 Å². The lowest BCUT2D eigenvalue weighted by Gasteiger charge is -2.09. The fraction of sp³-hybridized carbons (Fsp3) is 0.474. The quantitative estimate of drug-likeness (QED) is 0.835. The molecule has 2 heterocycles. The predicted molar refractivity (Wildman–Crippen MR) is 99.1 cm³/mol. The lowest BCUT2D eigenvalue weighted by molar-refractivity contribution is -0.122. The highest BCUT2D eigenvalue weighted by molar-refractivity contribution is 7.15. The SMILES string of the molecule is Cc1nc(NC(=O)COC2CCCC2)sc1Cc1ccc2c(c1)OCO2. The normalized spacial score (nSPS) is 16.2. The van der Waals surface area contributed by atoms with Crippen LogP contribution in [0.2, 0.25) is 0 Å². The van der Waals surface area contributed by atoms with Crippen molar-refractivity contribution < 1.29 is 19.0 Å². The first-order valence-corrected chi connectivity index (χ1v) is 9.75. The smallest absolute Gasteiger partial charge is 0.252 e. The first-order chi connectivity index (χ1) is 12.7. The number of thiazole rings is 1. The number of anilines is 1. The van der Waals surface area contributed by atoms with Gasteiger partial charge in [-0.15, -0.1) is 11.3 Å². The fourth-order valence-corrected chi connectivity index (χ4v) is 4.30. The van der Waals surface area contributed by atoms with Gasteiger partial charge in [0.05, 0.1) is 11.8 Å². The van der Waals surface area contributed by atoms with Crippen LogP contribution in [0.25, 0.3) is 0 Å². The van der Waals surface area contributed by atoms with Crippen LogP contribution in [0.1, 0.15) is 41.8 Å². The van der Waals surface area contributed by atoms with E-state index in [0.29, 0.717) is 5.13 Å². The number of aromatic nitrogens is 1. The fourth-order valence-electron chi connectivity index (χ4n) is 3.29. The summed E-state index contributed by atoms with van der Waals surface area (Å²) in [5.74, 6) is 1.42. The van der Waals surface area contributed by atoms with E-state index in [4.69, 9.17) is 14.2 Å². The number of ether oxygens (including phenoxy) is 3. The molecule has 1 aromatic carbocycles. The minimum atomic E-state index is -0.139. The van der Waals surface area contributed by atoms with Crippen molar-refractivity contribution in [3.8, 4) is 11.5 Å². The van der Waals surface area contributed by atoms with Crippen LogP contribution in [0.3, 0.4) is 0 Å². The van der Waals surface area contributed by atoms with Gasteiger partial charge in [-0.1, -0.05) is 18.9 Å². The van der Waals surface area contributed by atoms with Crippen molar-refractivity contribution in [3.05, 3.63) is 34.3 Å². The van der Waals surface area contributed by atoms with Gasteiger partial charge < -0.3 is 14.2 Å². The van der Waals surface area contributed by atoms with Crippen molar-refractivity contribution in [2.24, 2.45) is 0 Å². The van der Waals surface area contributed by atoms with Gasteiger partial charge in [0, 0.05) is 11.3 Å². The Kier molecular flexibility index (Phi) is 5.08. The van der Waals surface area contributed by atoms with Crippen LogP contribution in [-0.4, -0.2) is 30.4 Å². The molecule has 1 aliphatic heterocycles. The van der Waals surface area contributed by atoms with Gasteiger partial charge in [-0.25, -0.2) is 4.98 Å². The molecule has 1 aliphatic carbocycles. The van der Waals surface area contributed by atoms with Crippen molar-refractivity contribution in [3.63, 3.8) is 0 Å². The first-order valence-electron chi connectivity index (χ1n) is 8.93. The van der Waals surface area contributed by atoms with Gasteiger partial charge in [0.15, 0.2) is 16.6 Å². The highest BCUT2D eigenvalue weighted by Crippen LogP contribution is 2.34. The van der Waals surface area contributed by atoms with Crippen molar-refractivity contribution in [2.75, 3.05) is 18.7 Å². The molecule has 0 radical (unpaired) electrons. The molecule has 1 aromatic heterocycles. The third-order valence-electron chi connectivity index (χ3n) is 4.69. The van der Waals surface area contributed by atoms with Crippen LogP contribution < -0.4 is 14.8 Å². The van der Waals surface area contributed by atoms with Crippen molar-refractivity contribution >= 4 is 22.4 Å². The highest BCUT2D eigenvalue weighted by atomic mass is 32.1. The second-order valence-corrected chi connectivity index (χ2v) is 7.74. The molecule has 138 valence electrons. The summed E-state index contributed by atoms with van der Waals surface area (Å²) in [5.41, 5.74) is 2.06. The average Bonchev–Trinajstić information content (AvgIpc) is 3.35. The Bertz CT molecular complexity index is 799. The van der Waals surface area contributed by atoms with Crippen molar-refractivity contribution in [2.45, 2.75) is 45.1 Å². The van der Waals surface area contributed by atoms with E-state index in [0.717, 1.165) is 46.9 Å². The van der Waals surface area contributed by atoms with E-state index in [-0.39, 0.29) is 25.4 Å². The van der Waals surface area contributed by atoms with E-state index in [9.17, 15) is 4.79 Å². The molecule has 1 fully saturated rings. The van der Waals surface area contributed by atoms with E-state index < -0.39 is 0 Å². The molecule has 2 aromatic rings. The van der Waals surface area contributed by atoms with Gasteiger partial charge in [0.2, 0.25) is 6.79 Å². The number of hydrogen-bond donors (Lipinski definition) is 1. The van der Waals surface area contributed by atoms with Crippen LogP contribution >= 0.6 is 11.3 Å². The lowest BCUT2D eigenvalue weighted by atomic mass is 10.1. The van der Waals surface area contributed by atoms with Crippen LogP contribution in [0.4, 0.5) is 5.13 Å². The minimum Gasteiger partial charge on any atom is -0.454 e. The molecule has 0 bridgehead atoms. The summed E-state index contributed by atoms with van der Waals surface area (Å²) in [5, 5.41) is 3.48. The molecule has 1 amide bonds. The number of aryl methyl sites for hydroxylation is 1. The zero-order valence-electron chi connectivity index (χ0n) is 14.7. The van der Waals surface area contributed by atoms with Gasteiger partial charge in [-0.05, 0) is 37.5 Å². The van der Waals surface area contributed by atoms with E-state index in [1.54, 1.807) is 0 Å². The molecule has 2 aliphatic rings. The number of nitrogens with one attached hydrogen (secondary N) is 1. The lowest BCUT2D eigenvalue weighted by Crippen LogP contribution is -2.21. The maximum atomic E-state index is 12.1. The van der Waals surface area contributed by atoms with Gasteiger partial charge >= 0.3 is 0 Å². The Hall–Kier alpha value is -2.12. The third kappa shape index (κ3) is 3.99. The summed E-state index contributed by atoms with van der Waals surface area (Å²) in [6, 6.07) is 5.95. The van der Waals surface area contributed by atoms with E-state index in [2.05, 4.69) is 10.3 Å². The monoisotopic (exact) mass is 374 g/mol. The summed E-state index contributed by atoms with van der Waals surface area (Å²) < 4.78 is 16.4. The maximum Gasteiger partial charge on any atom is 0.252 e. The van der Waals surface area contributed by atoms with Crippen molar-refractivity contribution in [1.29, 1.82) is 0 Å². The first kappa shape index (κ1) is 17.3. The van der Waals surface area contributed by atoms with Crippen LogP contribution in [-0.2, 0) is 16.0 Å². The summed E-state index contributed by atoms with van der Waals surface area (Å²) in [6.45, 7) is 2.34. The minimum absolute atomic E-state index is 0.0980. The molecule has 0 atom stereocenters.